The Labute approximate surface area is 129 Å². The van der Waals surface area contributed by atoms with Crippen molar-refractivity contribution in [3.8, 4) is 0 Å². The van der Waals surface area contributed by atoms with Crippen LogP contribution in [0.1, 0.15) is 18.2 Å². The zero-order valence-electron chi connectivity index (χ0n) is 11.7. The predicted octanol–water partition coefficient (Wildman–Crippen LogP) is 3.25. The second-order valence-corrected chi connectivity index (χ2v) is 5.04. The Hall–Kier alpha value is -1.10. The molecule has 20 heavy (non-hydrogen) atoms. The van der Waals surface area contributed by atoms with Gasteiger partial charge in [-0.3, -0.25) is 9.69 Å². The lowest BCUT2D eigenvalue weighted by Gasteiger charge is -2.20. The summed E-state index contributed by atoms with van der Waals surface area (Å²) in [4.78, 5) is 17.6. The number of esters is 1. The van der Waals surface area contributed by atoms with Crippen LogP contribution in [-0.2, 0) is 16.1 Å². The monoisotopic (exact) mass is 316 g/mol. The Morgan fingerprint density at radius 2 is 2.25 bits per heavy atom. The first kappa shape index (κ1) is 17.0. The topological polar surface area (TPSA) is 42.4 Å². The molecule has 0 unspecified atom stereocenters. The molecular formula is C14H18Cl2N2O2. The molecule has 0 saturated heterocycles. The summed E-state index contributed by atoms with van der Waals surface area (Å²) in [5, 5.41) is 0.897. The lowest BCUT2D eigenvalue weighted by molar-refractivity contribution is -0.144. The maximum absolute atomic E-state index is 11.6. The highest BCUT2D eigenvalue weighted by molar-refractivity contribution is 6.35. The summed E-state index contributed by atoms with van der Waals surface area (Å²) < 4.78 is 4.94. The van der Waals surface area contributed by atoms with Gasteiger partial charge >= 0.3 is 5.97 Å². The Balaban J connectivity index is 2.85. The minimum atomic E-state index is -0.290. The molecule has 0 aliphatic carbocycles. The second-order valence-electron chi connectivity index (χ2n) is 4.28. The van der Waals surface area contributed by atoms with Crippen LogP contribution in [-0.4, -0.2) is 35.5 Å². The van der Waals surface area contributed by atoms with E-state index in [9.17, 15) is 4.79 Å². The number of rotatable bonds is 7. The van der Waals surface area contributed by atoms with Crippen molar-refractivity contribution >= 4 is 29.2 Å². The largest absolute Gasteiger partial charge is 0.465 e. The number of hydrogen-bond donors (Lipinski definition) is 0. The number of halogens is 2. The smallest absolute Gasteiger partial charge is 0.320 e. The minimum absolute atomic E-state index is 0.153. The van der Waals surface area contributed by atoms with Crippen molar-refractivity contribution in [2.45, 2.75) is 20.4 Å². The minimum Gasteiger partial charge on any atom is -0.465 e. The molecule has 0 atom stereocenters. The summed E-state index contributed by atoms with van der Waals surface area (Å²) in [5.74, 6) is -0.290. The van der Waals surface area contributed by atoms with Crippen LogP contribution in [0.15, 0.2) is 18.7 Å². The third-order valence-corrected chi connectivity index (χ3v) is 3.22. The van der Waals surface area contributed by atoms with Crippen molar-refractivity contribution in [2.24, 2.45) is 0 Å². The molecule has 0 aromatic carbocycles. The number of aromatic nitrogens is 1. The number of nitrogens with zero attached hydrogens (tertiary/aromatic N) is 2. The molecule has 0 spiro atoms. The lowest BCUT2D eigenvalue weighted by atomic mass is 10.2. The van der Waals surface area contributed by atoms with E-state index in [1.165, 1.54) is 0 Å². The lowest BCUT2D eigenvalue weighted by Crippen LogP contribution is -2.31. The third-order valence-electron chi connectivity index (χ3n) is 2.57. The van der Waals surface area contributed by atoms with E-state index < -0.39 is 0 Å². The van der Waals surface area contributed by atoms with Crippen LogP contribution < -0.4 is 0 Å². The molecule has 1 aromatic heterocycles. The molecule has 110 valence electrons. The van der Waals surface area contributed by atoms with E-state index in [1.54, 1.807) is 19.1 Å². The van der Waals surface area contributed by atoms with Crippen molar-refractivity contribution in [1.82, 2.24) is 9.88 Å². The van der Waals surface area contributed by atoms with Gasteiger partial charge in [-0.05, 0) is 19.9 Å². The van der Waals surface area contributed by atoms with E-state index in [2.05, 4.69) is 11.6 Å². The van der Waals surface area contributed by atoms with Crippen LogP contribution in [0.2, 0.25) is 10.2 Å². The van der Waals surface area contributed by atoms with Crippen molar-refractivity contribution < 1.29 is 9.53 Å². The summed E-state index contributed by atoms with van der Waals surface area (Å²) in [6, 6.07) is 1.75. The predicted molar refractivity (Wildman–Crippen MR) is 81.1 cm³/mol. The van der Waals surface area contributed by atoms with Gasteiger partial charge in [-0.15, -0.1) is 6.58 Å². The molecule has 0 aliphatic heterocycles. The number of hydrogen-bond acceptors (Lipinski definition) is 4. The standard InChI is InChI=1S/C14H18Cl2N2O2/c1-4-6-18(9-13(19)20-5-2)8-11-12(15)7-10(3)17-14(11)16/h4,7H,1,5-6,8-9H2,2-3H3. The number of ether oxygens (including phenoxy) is 1. The first-order valence-corrected chi connectivity index (χ1v) is 7.03. The zero-order valence-corrected chi connectivity index (χ0v) is 13.2. The Bertz CT molecular complexity index is 469. The van der Waals surface area contributed by atoms with Gasteiger partial charge in [-0.2, -0.15) is 0 Å². The second kappa shape index (κ2) is 8.25. The molecule has 0 saturated carbocycles. The number of carbonyl (C=O) groups excluding carboxylic acids is 1. The van der Waals surface area contributed by atoms with E-state index in [-0.39, 0.29) is 12.5 Å². The van der Waals surface area contributed by atoms with Gasteiger partial charge in [0, 0.05) is 29.4 Å². The van der Waals surface area contributed by atoms with Crippen LogP contribution >= 0.6 is 23.2 Å². The summed E-state index contributed by atoms with van der Waals surface area (Å²) in [7, 11) is 0. The fourth-order valence-corrected chi connectivity index (χ4v) is 2.40. The van der Waals surface area contributed by atoms with Gasteiger partial charge in [0.2, 0.25) is 0 Å². The maximum Gasteiger partial charge on any atom is 0.320 e. The fourth-order valence-electron chi connectivity index (χ4n) is 1.74. The van der Waals surface area contributed by atoms with E-state index >= 15 is 0 Å². The van der Waals surface area contributed by atoms with Gasteiger partial charge in [0.05, 0.1) is 13.2 Å². The molecule has 0 N–H and O–H groups in total. The van der Waals surface area contributed by atoms with Crippen molar-refractivity contribution in [2.75, 3.05) is 19.7 Å². The highest BCUT2D eigenvalue weighted by Crippen LogP contribution is 2.25. The Morgan fingerprint density at radius 3 is 2.80 bits per heavy atom. The number of aryl methyl sites for hydroxylation is 1. The van der Waals surface area contributed by atoms with Crippen LogP contribution in [0.25, 0.3) is 0 Å². The van der Waals surface area contributed by atoms with Crippen LogP contribution in [0.3, 0.4) is 0 Å². The molecule has 0 bridgehead atoms. The van der Waals surface area contributed by atoms with Crippen LogP contribution in [0.5, 0.6) is 0 Å². The molecule has 0 amide bonds. The first-order chi connectivity index (χ1) is 9.47. The zero-order chi connectivity index (χ0) is 15.1. The molecule has 0 radical (unpaired) electrons. The first-order valence-electron chi connectivity index (χ1n) is 6.28. The van der Waals surface area contributed by atoms with Gasteiger partial charge < -0.3 is 4.74 Å². The quantitative estimate of drug-likeness (QED) is 0.440. The summed E-state index contributed by atoms with van der Waals surface area (Å²) >= 11 is 12.3. The molecule has 1 heterocycles. The van der Waals surface area contributed by atoms with Gasteiger partial charge in [0.15, 0.2) is 0 Å². The van der Waals surface area contributed by atoms with E-state index in [0.29, 0.717) is 35.4 Å². The van der Waals surface area contributed by atoms with E-state index in [0.717, 1.165) is 5.69 Å². The summed E-state index contributed by atoms with van der Waals surface area (Å²) in [5.41, 5.74) is 1.45. The van der Waals surface area contributed by atoms with Crippen LogP contribution in [0, 0.1) is 6.92 Å². The van der Waals surface area contributed by atoms with E-state index in [1.807, 2.05) is 11.8 Å². The molecule has 4 nitrogen and oxygen atoms in total. The SMILES string of the molecule is C=CCN(CC(=O)OCC)Cc1c(Cl)cc(C)nc1Cl. The summed E-state index contributed by atoms with van der Waals surface area (Å²) in [6.07, 6.45) is 1.71. The Kier molecular flexibility index (Phi) is 6.99. The van der Waals surface area contributed by atoms with Gasteiger partial charge in [0.25, 0.3) is 0 Å². The molecular weight excluding hydrogens is 299 g/mol. The average molecular weight is 317 g/mol. The fraction of sp³-hybridized carbons (Fsp3) is 0.429. The third kappa shape index (κ3) is 5.12. The van der Waals surface area contributed by atoms with Crippen molar-refractivity contribution in [3.63, 3.8) is 0 Å². The molecule has 0 fully saturated rings. The molecule has 0 aliphatic rings. The van der Waals surface area contributed by atoms with Gasteiger partial charge in [-0.25, -0.2) is 4.98 Å². The molecule has 6 heteroatoms. The Morgan fingerprint density at radius 1 is 1.55 bits per heavy atom. The van der Waals surface area contributed by atoms with Crippen molar-refractivity contribution in [3.05, 3.63) is 40.2 Å². The maximum atomic E-state index is 11.6. The highest BCUT2D eigenvalue weighted by atomic mass is 35.5. The molecule has 1 aromatic rings. The van der Waals surface area contributed by atoms with Gasteiger partial charge in [0.1, 0.15) is 5.15 Å². The average Bonchev–Trinajstić information content (AvgIpc) is 2.34. The van der Waals surface area contributed by atoms with Crippen LogP contribution in [0.4, 0.5) is 0 Å². The van der Waals surface area contributed by atoms with Gasteiger partial charge in [-0.1, -0.05) is 29.3 Å². The number of pyridine rings is 1. The molecule has 1 rings (SSSR count). The number of carbonyl (C=O) groups is 1. The normalized spacial score (nSPS) is 10.7. The van der Waals surface area contributed by atoms with Crippen molar-refractivity contribution in [1.29, 1.82) is 0 Å². The highest BCUT2D eigenvalue weighted by Gasteiger charge is 2.15. The summed E-state index contributed by atoms with van der Waals surface area (Å²) in [6.45, 7) is 8.72. The van der Waals surface area contributed by atoms with E-state index in [4.69, 9.17) is 27.9 Å².